The smallest absolute Gasteiger partial charge is 0.328 e. The molecule has 252 valence electrons. The van der Waals surface area contributed by atoms with Gasteiger partial charge in [0.15, 0.2) is 0 Å². The van der Waals surface area contributed by atoms with Gasteiger partial charge in [-0.25, -0.2) is 4.79 Å². The number of hydrogen-bond acceptors (Lipinski definition) is 7. The lowest BCUT2D eigenvalue weighted by molar-refractivity contribution is -0.154. The van der Waals surface area contributed by atoms with Crippen LogP contribution in [0.15, 0.2) is 60.7 Å². The van der Waals surface area contributed by atoms with Crippen LogP contribution in [0, 0.1) is 5.92 Å². The first-order valence-electron chi connectivity index (χ1n) is 16.8. The van der Waals surface area contributed by atoms with Crippen LogP contribution in [0.2, 0.25) is 0 Å². The standard InChI is InChI=1S/C37H47N3O7/c1-25(2)35(40-33(42)24-38-32(41)21-19-26-11-10-14-28(23-26)27-12-4-3-5-13-27)36(44)39-31(37(45)47-30-17-8-9-18-30)20-22-34(43)46-29-15-6-7-16-29/h3-5,10-14,19,21,23,25,29-31,35H,6-9,15-18,20,22,24H2,1-2H3,(H,38,41)(H,39,44)(H,40,42)/b21-19+/t31-,35+/m1/s1. The van der Waals surface area contributed by atoms with E-state index in [1.54, 1.807) is 19.9 Å². The van der Waals surface area contributed by atoms with Crippen molar-refractivity contribution < 1.29 is 33.4 Å². The van der Waals surface area contributed by atoms with Gasteiger partial charge in [0.05, 0.1) is 6.54 Å². The summed E-state index contributed by atoms with van der Waals surface area (Å²) >= 11 is 0. The average molecular weight is 646 g/mol. The van der Waals surface area contributed by atoms with E-state index in [0.29, 0.717) is 0 Å². The summed E-state index contributed by atoms with van der Waals surface area (Å²) in [7, 11) is 0. The molecule has 0 aliphatic heterocycles. The third-order valence-corrected chi connectivity index (χ3v) is 8.53. The Morgan fingerprint density at radius 3 is 2.11 bits per heavy atom. The molecule has 10 nitrogen and oxygen atoms in total. The van der Waals surface area contributed by atoms with Gasteiger partial charge in [0.2, 0.25) is 17.7 Å². The summed E-state index contributed by atoms with van der Waals surface area (Å²) in [6.07, 6.45) is 9.89. The zero-order valence-corrected chi connectivity index (χ0v) is 27.4. The van der Waals surface area contributed by atoms with Gasteiger partial charge in [-0.1, -0.05) is 62.4 Å². The summed E-state index contributed by atoms with van der Waals surface area (Å²) in [5, 5.41) is 7.93. The number of hydrogen-bond donors (Lipinski definition) is 3. The van der Waals surface area contributed by atoms with Crippen molar-refractivity contribution in [1.82, 2.24) is 16.0 Å². The van der Waals surface area contributed by atoms with Crippen LogP contribution in [0.5, 0.6) is 0 Å². The molecular weight excluding hydrogens is 598 g/mol. The SMILES string of the molecule is CC(C)[C@H](NC(=O)CNC(=O)/C=C/c1cccc(-c2ccccc2)c1)C(=O)N[C@H](CCC(=O)OC1CCCC1)C(=O)OC1CCCC1. The van der Waals surface area contributed by atoms with E-state index in [1.807, 2.05) is 54.6 Å². The van der Waals surface area contributed by atoms with Crippen LogP contribution in [0.1, 0.15) is 83.6 Å². The Bertz CT molecular complexity index is 1400. The second-order valence-electron chi connectivity index (χ2n) is 12.7. The number of amides is 3. The molecule has 0 unspecified atom stereocenters. The lowest BCUT2D eigenvalue weighted by Gasteiger charge is -2.25. The van der Waals surface area contributed by atoms with E-state index in [4.69, 9.17) is 9.47 Å². The van der Waals surface area contributed by atoms with E-state index >= 15 is 0 Å². The minimum absolute atomic E-state index is 0.0260. The summed E-state index contributed by atoms with van der Waals surface area (Å²) in [6.45, 7) is 3.18. The van der Waals surface area contributed by atoms with Crippen molar-refractivity contribution in [2.24, 2.45) is 5.92 Å². The molecule has 2 aromatic rings. The molecule has 2 fully saturated rings. The molecule has 0 saturated heterocycles. The number of benzene rings is 2. The third kappa shape index (κ3) is 11.7. The highest BCUT2D eigenvalue weighted by molar-refractivity contribution is 5.96. The molecule has 0 spiro atoms. The molecule has 4 rings (SSSR count). The predicted molar refractivity (Wildman–Crippen MR) is 179 cm³/mol. The highest BCUT2D eigenvalue weighted by Gasteiger charge is 2.32. The monoisotopic (exact) mass is 645 g/mol. The second kappa shape index (κ2) is 18.0. The minimum atomic E-state index is -1.07. The Morgan fingerprint density at radius 2 is 1.45 bits per heavy atom. The number of carbonyl (C=O) groups is 5. The van der Waals surface area contributed by atoms with Crippen LogP contribution in [-0.2, 0) is 33.4 Å². The van der Waals surface area contributed by atoms with E-state index < -0.39 is 41.7 Å². The summed E-state index contributed by atoms with van der Waals surface area (Å²) in [5.74, 6) is -2.93. The van der Waals surface area contributed by atoms with Crippen molar-refractivity contribution in [3.63, 3.8) is 0 Å². The fraction of sp³-hybridized carbons (Fsp3) is 0.486. The van der Waals surface area contributed by atoms with Gasteiger partial charge in [0, 0.05) is 12.5 Å². The average Bonchev–Trinajstić information content (AvgIpc) is 3.78. The zero-order chi connectivity index (χ0) is 33.6. The molecule has 0 bridgehead atoms. The van der Waals surface area contributed by atoms with E-state index in [1.165, 1.54) is 6.08 Å². The number of nitrogens with one attached hydrogen (secondary N) is 3. The van der Waals surface area contributed by atoms with Gasteiger partial charge < -0.3 is 25.4 Å². The largest absolute Gasteiger partial charge is 0.462 e. The Morgan fingerprint density at radius 1 is 0.809 bits per heavy atom. The summed E-state index contributed by atoms with van der Waals surface area (Å²) in [6, 6.07) is 15.6. The molecule has 0 radical (unpaired) electrons. The molecule has 3 N–H and O–H groups in total. The summed E-state index contributed by atoms with van der Waals surface area (Å²) < 4.78 is 11.2. The maximum Gasteiger partial charge on any atom is 0.328 e. The lowest BCUT2D eigenvalue weighted by Crippen LogP contribution is -2.55. The van der Waals surface area contributed by atoms with Gasteiger partial charge >= 0.3 is 11.9 Å². The number of carbonyl (C=O) groups excluding carboxylic acids is 5. The van der Waals surface area contributed by atoms with Gasteiger partial charge in [-0.15, -0.1) is 0 Å². The Labute approximate surface area is 277 Å². The zero-order valence-electron chi connectivity index (χ0n) is 27.4. The van der Waals surface area contributed by atoms with Crippen molar-refractivity contribution in [2.45, 2.75) is 102 Å². The van der Waals surface area contributed by atoms with Crippen LogP contribution >= 0.6 is 0 Å². The molecule has 2 atom stereocenters. The quantitative estimate of drug-likeness (QED) is 0.186. The highest BCUT2D eigenvalue weighted by Crippen LogP contribution is 2.24. The van der Waals surface area contributed by atoms with Crippen molar-refractivity contribution in [3.05, 3.63) is 66.2 Å². The molecule has 2 aromatic carbocycles. The van der Waals surface area contributed by atoms with Crippen molar-refractivity contribution in [1.29, 1.82) is 0 Å². The molecule has 2 saturated carbocycles. The number of ether oxygens (including phenoxy) is 2. The van der Waals surface area contributed by atoms with E-state index in [9.17, 15) is 24.0 Å². The lowest BCUT2D eigenvalue weighted by atomic mass is 10.0. The Kier molecular flexibility index (Phi) is 13.6. The van der Waals surface area contributed by atoms with Crippen LogP contribution in [0.3, 0.4) is 0 Å². The molecule has 10 heteroatoms. The predicted octanol–water partition coefficient (Wildman–Crippen LogP) is 4.86. The van der Waals surface area contributed by atoms with Crippen molar-refractivity contribution >= 4 is 35.7 Å². The molecule has 3 amide bonds. The van der Waals surface area contributed by atoms with E-state index in [-0.39, 0.29) is 37.5 Å². The molecule has 47 heavy (non-hydrogen) atoms. The van der Waals surface area contributed by atoms with Crippen molar-refractivity contribution in [3.8, 4) is 11.1 Å². The highest BCUT2D eigenvalue weighted by atomic mass is 16.5. The number of esters is 2. The maximum absolute atomic E-state index is 13.4. The Balaban J connectivity index is 1.29. The summed E-state index contributed by atoms with van der Waals surface area (Å²) in [4.78, 5) is 64.2. The molecule has 0 aromatic heterocycles. The maximum atomic E-state index is 13.4. The normalized spacial score (nSPS) is 16.5. The van der Waals surface area contributed by atoms with Gasteiger partial charge in [-0.3, -0.25) is 19.2 Å². The van der Waals surface area contributed by atoms with Gasteiger partial charge in [-0.05, 0) is 92.5 Å². The van der Waals surface area contributed by atoms with Crippen LogP contribution in [0.25, 0.3) is 17.2 Å². The first kappa shape index (κ1) is 35.4. The van der Waals surface area contributed by atoms with Crippen LogP contribution in [-0.4, -0.2) is 60.5 Å². The third-order valence-electron chi connectivity index (χ3n) is 8.53. The molecule has 2 aliphatic rings. The first-order valence-corrected chi connectivity index (χ1v) is 16.8. The van der Waals surface area contributed by atoms with E-state index in [2.05, 4.69) is 16.0 Å². The topological polar surface area (TPSA) is 140 Å². The van der Waals surface area contributed by atoms with Gasteiger partial charge in [0.1, 0.15) is 24.3 Å². The van der Waals surface area contributed by atoms with Gasteiger partial charge in [-0.2, -0.15) is 0 Å². The van der Waals surface area contributed by atoms with Crippen molar-refractivity contribution in [2.75, 3.05) is 6.54 Å². The second-order valence-corrected chi connectivity index (χ2v) is 12.7. The minimum Gasteiger partial charge on any atom is -0.462 e. The van der Waals surface area contributed by atoms with Gasteiger partial charge in [0.25, 0.3) is 0 Å². The molecule has 2 aliphatic carbocycles. The van der Waals surface area contributed by atoms with E-state index in [0.717, 1.165) is 68.1 Å². The summed E-state index contributed by atoms with van der Waals surface area (Å²) in [5.41, 5.74) is 2.91. The Hall–Kier alpha value is -4.47. The molecule has 0 heterocycles. The number of rotatable bonds is 15. The fourth-order valence-electron chi connectivity index (χ4n) is 5.89. The first-order chi connectivity index (χ1) is 22.7. The fourth-order valence-corrected chi connectivity index (χ4v) is 5.89. The van der Waals surface area contributed by atoms with Crippen LogP contribution in [0.4, 0.5) is 0 Å². The van der Waals surface area contributed by atoms with Crippen LogP contribution < -0.4 is 16.0 Å². The molecular formula is C37H47N3O7.